The Morgan fingerprint density at radius 1 is 1.26 bits per heavy atom. The third kappa shape index (κ3) is 4.87. The number of piperidine rings is 1. The Kier molecular flexibility index (Phi) is 7.08. The molecule has 0 amide bonds. The Morgan fingerprint density at radius 3 is 2.51 bits per heavy atom. The average Bonchev–Trinajstić information content (AvgIpc) is 3.21. The molecular formula is C26H37F3N4O2. The highest BCUT2D eigenvalue weighted by molar-refractivity contribution is 5.76. The fourth-order valence-corrected chi connectivity index (χ4v) is 6.31. The summed E-state index contributed by atoms with van der Waals surface area (Å²) in [5.74, 6) is -0.955. The summed E-state index contributed by atoms with van der Waals surface area (Å²) in [6.07, 6.45) is -0.100. The topological polar surface area (TPSA) is 70.7 Å². The van der Waals surface area contributed by atoms with Crippen molar-refractivity contribution >= 4 is 17.4 Å². The molecule has 1 atom stereocenters. The van der Waals surface area contributed by atoms with Crippen molar-refractivity contribution in [2.24, 2.45) is 11.3 Å². The molecule has 9 heteroatoms. The molecule has 0 spiro atoms. The van der Waals surface area contributed by atoms with Crippen LogP contribution in [0.3, 0.4) is 0 Å². The predicted octanol–water partition coefficient (Wildman–Crippen LogP) is 6.47. The van der Waals surface area contributed by atoms with Crippen LogP contribution in [0.5, 0.6) is 0 Å². The summed E-state index contributed by atoms with van der Waals surface area (Å²) >= 11 is 0. The maximum atomic E-state index is 13.2. The summed E-state index contributed by atoms with van der Waals surface area (Å²) in [5, 5.41) is 15.0. The number of carboxylic acids is 1. The normalized spacial score (nSPS) is 26.0. The zero-order chi connectivity index (χ0) is 25.5. The standard InChI is InChI=1S/C26H37F3N4O2/c1-5-11-25(24(34)35)12-6-13-32(15-25)23-22(16(2)3)17(4)30-21-14-20(31-33(21)23)18-7-9-19(10-8-18)26(27,28)29/h14,16,18-19H,5-13,15H2,1-4H3,(H,34,35)/t18-,19-,25-/m1/s1. The zero-order valence-electron chi connectivity index (χ0n) is 21.2. The molecule has 35 heavy (non-hydrogen) atoms. The summed E-state index contributed by atoms with van der Waals surface area (Å²) in [6.45, 7) is 9.35. The number of aryl methyl sites for hydroxylation is 1. The van der Waals surface area contributed by atoms with Crippen LogP contribution in [0.1, 0.15) is 101 Å². The number of carbonyl (C=O) groups is 1. The minimum atomic E-state index is -4.13. The predicted molar refractivity (Wildman–Crippen MR) is 129 cm³/mol. The lowest BCUT2D eigenvalue weighted by Gasteiger charge is -2.42. The largest absolute Gasteiger partial charge is 0.481 e. The van der Waals surface area contributed by atoms with E-state index in [2.05, 4.69) is 18.7 Å². The van der Waals surface area contributed by atoms with E-state index in [0.29, 0.717) is 37.9 Å². The Labute approximate surface area is 204 Å². The highest BCUT2D eigenvalue weighted by Gasteiger charge is 2.44. The monoisotopic (exact) mass is 494 g/mol. The molecule has 1 aliphatic carbocycles. The molecule has 0 unspecified atom stereocenters. The van der Waals surface area contributed by atoms with E-state index in [1.165, 1.54) is 0 Å². The maximum absolute atomic E-state index is 13.2. The highest BCUT2D eigenvalue weighted by Crippen LogP contribution is 2.44. The van der Waals surface area contributed by atoms with Gasteiger partial charge in [0.15, 0.2) is 5.65 Å². The molecule has 3 heterocycles. The van der Waals surface area contributed by atoms with Gasteiger partial charge in [-0.3, -0.25) is 4.79 Å². The average molecular weight is 495 g/mol. The second kappa shape index (κ2) is 9.62. The van der Waals surface area contributed by atoms with E-state index in [1.54, 1.807) is 0 Å². The molecule has 1 saturated heterocycles. The van der Waals surface area contributed by atoms with E-state index >= 15 is 0 Å². The molecule has 0 aromatic carbocycles. The van der Waals surface area contributed by atoms with Gasteiger partial charge < -0.3 is 10.0 Å². The first-order valence-electron chi connectivity index (χ1n) is 12.9. The van der Waals surface area contributed by atoms with Crippen molar-refractivity contribution in [1.82, 2.24) is 14.6 Å². The number of aromatic nitrogens is 3. The van der Waals surface area contributed by atoms with Crippen molar-refractivity contribution in [1.29, 1.82) is 0 Å². The van der Waals surface area contributed by atoms with Gasteiger partial charge in [0.1, 0.15) is 5.82 Å². The van der Waals surface area contributed by atoms with Gasteiger partial charge in [-0.05, 0) is 57.8 Å². The summed E-state index contributed by atoms with van der Waals surface area (Å²) < 4.78 is 41.3. The minimum absolute atomic E-state index is 0.0227. The van der Waals surface area contributed by atoms with Crippen LogP contribution in [0.15, 0.2) is 6.07 Å². The fourth-order valence-electron chi connectivity index (χ4n) is 6.31. The quantitative estimate of drug-likeness (QED) is 0.498. The SMILES string of the molecule is CCC[C@@]1(C(=O)O)CCCN(c2c(C(C)C)c(C)nc3cc([C@H]4CC[C@H](C(F)(F)F)CC4)nn23)C1. The molecule has 6 nitrogen and oxygen atoms in total. The van der Waals surface area contributed by atoms with Crippen molar-refractivity contribution in [2.75, 3.05) is 18.0 Å². The molecular weight excluding hydrogens is 457 g/mol. The number of rotatable bonds is 6. The molecule has 1 N–H and O–H groups in total. The number of alkyl halides is 3. The van der Waals surface area contributed by atoms with Crippen LogP contribution >= 0.6 is 0 Å². The Balaban J connectivity index is 1.74. The molecule has 2 aromatic heterocycles. The third-order valence-corrected chi connectivity index (χ3v) is 8.07. The number of hydrogen-bond donors (Lipinski definition) is 1. The van der Waals surface area contributed by atoms with E-state index in [0.717, 1.165) is 42.2 Å². The molecule has 4 rings (SSSR count). The number of fused-ring (bicyclic) bond motifs is 1. The van der Waals surface area contributed by atoms with Gasteiger partial charge in [-0.25, -0.2) is 4.98 Å². The molecule has 2 aromatic rings. The van der Waals surface area contributed by atoms with Crippen molar-refractivity contribution in [3.05, 3.63) is 23.0 Å². The molecule has 1 aliphatic heterocycles. The van der Waals surface area contributed by atoms with Gasteiger partial charge in [-0.1, -0.05) is 27.2 Å². The Hall–Kier alpha value is -2.32. The number of anilines is 1. The third-order valence-electron chi connectivity index (χ3n) is 8.07. The first-order chi connectivity index (χ1) is 16.5. The van der Waals surface area contributed by atoms with Crippen LogP contribution in [0.4, 0.5) is 19.0 Å². The number of nitrogens with zero attached hydrogens (tertiary/aromatic N) is 4. The first kappa shape index (κ1) is 25.8. The fraction of sp³-hybridized carbons (Fsp3) is 0.731. The maximum Gasteiger partial charge on any atom is 0.391 e. The minimum Gasteiger partial charge on any atom is -0.481 e. The second-order valence-electron chi connectivity index (χ2n) is 10.9. The van der Waals surface area contributed by atoms with Crippen molar-refractivity contribution in [2.45, 2.75) is 97.1 Å². The van der Waals surface area contributed by atoms with E-state index in [-0.39, 0.29) is 24.7 Å². The lowest BCUT2D eigenvalue weighted by molar-refractivity contribution is -0.182. The molecule has 1 saturated carbocycles. The van der Waals surface area contributed by atoms with Crippen LogP contribution in [-0.4, -0.2) is 44.9 Å². The van der Waals surface area contributed by atoms with Gasteiger partial charge in [-0.15, -0.1) is 0 Å². The molecule has 194 valence electrons. The van der Waals surface area contributed by atoms with Crippen LogP contribution in [0.2, 0.25) is 0 Å². The molecule has 2 fully saturated rings. The first-order valence-corrected chi connectivity index (χ1v) is 12.9. The molecule has 0 radical (unpaired) electrons. The zero-order valence-corrected chi connectivity index (χ0v) is 21.2. The smallest absolute Gasteiger partial charge is 0.391 e. The summed E-state index contributed by atoms with van der Waals surface area (Å²) in [6, 6.07) is 1.92. The number of aliphatic carboxylic acids is 1. The molecule has 2 aliphatic rings. The Morgan fingerprint density at radius 2 is 1.94 bits per heavy atom. The number of carboxylic acid groups (broad SMARTS) is 1. The van der Waals surface area contributed by atoms with Gasteiger partial charge in [0, 0.05) is 36.3 Å². The van der Waals surface area contributed by atoms with E-state index in [4.69, 9.17) is 10.1 Å². The van der Waals surface area contributed by atoms with Crippen LogP contribution in [0, 0.1) is 18.3 Å². The van der Waals surface area contributed by atoms with Gasteiger partial charge in [0.25, 0.3) is 0 Å². The van der Waals surface area contributed by atoms with Crippen LogP contribution in [0.25, 0.3) is 5.65 Å². The highest BCUT2D eigenvalue weighted by atomic mass is 19.4. The summed E-state index contributed by atoms with van der Waals surface area (Å²) in [4.78, 5) is 19.3. The van der Waals surface area contributed by atoms with Crippen molar-refractivity contribution < 1.29 is 23.1 Å². The van der Waals surface area contributed by atoms with Crippen LogP contribution < -0.4 is 4.90 Å². The van der Waals surface area contributed by atoms with E-state index in [9.17, 15) is 23.1 Å². The van der Waals surface area contributed by atoms with E-state index in [1.807, 2.05) is 24.4 Å². The van der Waals surface area contributed by atoms with Gasteiger partial charge >= 0.3 is 12.1 Å². The summed E-state index contributed by atoms with van der Waals surface area (Å²) in [5.41, 5.74) is 2.60. The lowest BCUT2D eigenvalue weighted by atomic mass is 9.76. The Bertz CT molecular complexity index is 1070. The van der Waals surface area contributed by atoms with Crippen molar-refractivity contribution in [3.63, 3.8) is 0 Å². The number of hydrogen-bond acceptors (Lipinski definition) is 4. The number of halogens is 3. The summed E-state index contributed by atoms with van der Waals surface area (Å²) in [7, 11) is 0. The van der Waals surface area contributed by atoms with Gasteiger partial charge in [0.2, 0.25) is 0 Å². The van der Waals surface area contributed by atoms with Crippen molar-refractivity contribution in [3.8, 4) is 0 Å². The molecule has 0 bridgehead atoms. The van der Waals surface area contributed by atoms with E-state index < -0.39 is 23.5 Å². The van der Waals surface area contributed by atoms with Gasteiger partial charge in [0.05, 0.1) is 17.0 Å². The second-order valence-corrected chi connectivity index (χ2v) is 10.9. The van der Waals surface area contributed by atoms with Crippen LogP contribution in [-0.2, 0) is 4.79 Å². The lowest BCUT2D eigenvalue weighted by Crippen LogP contribution is -2.49. The van der Waals surface area contributed by atoms with Gasteiger partial charge in [-0.2, -0.15) is 22.8 Å².